The molecule has 0 saturated carbocycles. The maximum Gasteiger partial charge on any atom is 0.0817 e. The summed E-state index contributed by atoms with van der Waals surface area (Å²) < 4.78 is 1.81. The first-order chi connectivity index (χ1) is 5.27. The molecule has 62 valence electrons. The number of aromatic nitrogens is 2. The van der Waals surface area contributed by atoms with E-state index in [1.54, 1.807) is 6.20 Å². The molecule has 0 bridgehead atoms. The fraction of sp³-hybridized carbons (Fsp3) is 0.625. The Kier molecular flexibility index (Phi) is 2.65. The number of hydrogen-bond acceptors (Lipinski definition) is 2. The van der Waals surface area contributed by atoms with Crippen LogP contribution in [0.15, 0.2) is 12.4 Å². The minimum atomic E-state index is -0.352. The van der Waals surface area contributed by atoms with E-state index in [1.165, 1.54) is 0 Å². The van der Waals surface area contributed by atoms with Crippen molar-refractivity contribution < 1.29 is 5.11 Å². The standard InChI is InChI=1S/C8H14N2O/c1-3-8(11)7-5-9-10(4-2)6-7/h5-6,8,11H,3-4H2,1-2H3. The van der Waals surface area contributed by atoms with Crippen molar-refractivity contribution in [2.45, 2.75) is 32.9 Å². The Morgan fingerprint density at radius 2 is 2.36 bits per heavy atom. The van der Waals surface area contributed by atoms with Gasteiger partial charge in [-0.25, -0.2) is 0 Å². The van der Waals surface area contributed by atoms with Crippen LogP contribution < -0.4 is 0 Å². The lowest BCUT2D eigenvalue weighted by atomic mass is 10.2. The number of hydrogen-bond donors (Lipinski definition) is 1. The van der Waals surface area contributed by atoms with Gasteiger partial charge in [0, 0.05) is 18.3 Å². The van der Waals surface area contributed by atoms with Crippen molar-refractivity contribution >= 4 is 0 Å². The maximum absolute atomic E-state index is 9.38. The van der Waals surface area contributed by atoms with Crippen LogP contribution in [0.25, 0.3) is 0 Å². The molecule has 1 atom stereocenters. The highest BCUT2D eigenvalue weighted by molar-refractivity contribution is 5.07. The second-order valence-corrected chi connectivity index (χ2v) is 2.55. The Hall–Kier alpha value is -0.830. The Morgan fingerprint density at radius 1 is 1.64 bits per heavy atom. The first-order valence-corrected chi connectivity index (χ1v) is 3.98. The third-order valence-corrected chi connectivity index (χ3v) is 1.75. The van der Waals surface area contributed by atoms with Gasteiger partial charge in [-0.1, -0.05) is 6.92 Å². The summed E-state index contributed by atoms with van der Waals surface area (Å²) in [4.78, 5) is 0. The quantitative estimate of drug-likeness (QED) is 0.713. The molecule has 1 unspecified atom stereocenters. The van der Waals surface area contributed by atoms with Crippen molar-refractivity contribution in [3.05, 3.63) is 18.0 Å². The van der Waals surface area contributed by atoms with Crippen molar-refractivity contribution in [2.75, 3.05) is 0 Å². The zero-order valence-corrected chi connectivity index (χ0v) is 6.99. The molecular formula is C8H14N2O. The third kappa shape index (κ3) is 1.80. The molecule has 0 spiro atoms. The van der Waals surface area contributed by atoms with E-state index in [9.17, 15) is 5.11 Å². The predicted molar refractivity (Wildman–Crippen MR) is 43.2 cm³/mol. The van der Waals surface area contributed by atoms with Crippen LogP contribution in [0.2, 0.25) is 0 Å². The Morgan fingerprint density at radius 3 is 2.82 bits per heavy atom. The summed E-state index contributed by atoms with van der Waals surface area (Å²) in [6.45, 7) is 4.83. The van der Waals surface area contributed by atoms with Crippen LogP contribution in [0.5, 0.6) is 0 Å². The zero-order valence-electron chi connectivity index (χ0n) is 6.99. The van der Waals surface area contributed by atoms with Crippen LogP contribution in [0.4, 0.5) is 0 Å². The van der Waals surface area contributed by atoms with Crippen molar-refractivity contribution in [2.24, 2.45) is 0 Å². The Labute approximate surface area is 66.7 Å². The van der Waals surface area contributed by atoms with E-state index in [2.05, 4.69) is 5.10 Å². The molecule has 0 aliphatic heterocycles. The second kappa shape index (κ2) is 3.53. The van der Waals surface area contributed by atoms with Crippen molar-refractivity contribution in [1.29, 1.82) is 0 Å². The molecule has 1 N–H and O–H groups in total. The third-order valence-electron chi connectivity index (χ3n) is 1.75. The second-order valence-electron chi connectivity index (χ2n) is 2.55. The summed E-state index contributed by atoms with van der Waals surface area (Å²) in [5.74, 6) is 0. The van der Waals surface area contributed by atoms with Gasteiger partial charge in [0.2, 0.25) is 0 Å². The number of aliphatic hydroxyl groups excluding tert-OH is 1. The molecule has 3 heteroatoms. The number of aryl methyl sites for hydroxylation is 1. The monoisotopic (exact) mass is 154 g/mol. The smallest absolute Gasteiger partial charge is 0.0817 e. The van der Waals surface area contributed by atoms with E-state index in [-0.39, 0.29) is 6.10 Å². The minimum Gasteiger partial charge on any atom is -0.388 e. The van der Waals surface area contributed by atoms with Gasteiger partial charge in [0.1, 0.15) is 0 Å². The molecular weight excluding hydrogens is 140 g/mol. The van der Waals surface area contributed by atoms with E-state index in [4.69, 9.17) is 0 Å². The summed E-state index contributed by atoms with van der Waals surface area (Å²) in [6, 6.07) is 0. The topological polar surface area (TPSA) is 38.1 Å². The highest BCUT2D eigenvalue weighted by Gasteiger charge is 2.05. The van der Waals surface area contributed by atoms with Gasteiger partial charge >= 0.3 is 0 Å². The van der Waals surface area contributed by atoms with E-state index < -0.39 is 0 Å². The fourth-order valence-electron chi connectivity index (χ4n) is 0.960. The molecule has 1 rings (SSSR count). The lowest BCUT2D eigenvalue weighted by Gasteiger charge is -2.01. The van der Waals surface area contributed by atoms with Gasteiger partial charge in [0.25, 0.3) is 0 Å². The number of aliphatic hydroxyl groups is 1. The Balaban J connectivity index is 2.71. The van der Waals surface area contributed by atoms with Gasteiger partial charge in [-0.05, 0) is 13.3 Å². The average molecular weight is 154 g/mol. The molecule has 1 heterocycles. The van der Waals surface area contributed by atoms with Gasteiger partial charge < -0.3 is 5.11 Å². The van der Waals surface area contributed by atoms with Gasteiger partial charge in [-0.2, -0.15) is 5.10 Å². The van der Waals surface area contributed by atoms with E-state index in [0.29, 0.717) is 0 Å². The summed E-state index contributed by atoms with van der Waals surface area (Å²) in [6.07, 6.45) is 4.00. The normalized spacial score (nSPS) is 13.4. The highest BCUT2D eigenvalue weighted by atomic mass is 16.3. The molecule has 3 nitrogen and oxygen atoms in total. The van der Waals surface area contributed by atoms with Crippen molar-refractivity contribution in [3.8, 4) is 0 Å². The van der Waals surface area contributed by atoms with Crippen LogP contribution in [-0.4, -0.2) is 14.9 Å². The zero-order chi connectivity index (χ0) is 8.27. The largest absolute Gasteiger partial charge is 0.388 e. The van der Waals surface area contributed by atoms with E-state index in [0.717, 1.165) is 18.5 Å². The SMILES string of the molecule is CCC(O)c1cnn(CC)c1. The van der Waals surface area contributed by atoms with Gasteiger partial charge in [0.15, 0.2) is 0 Å². The molecule has 0 aliphatic rings. The minimum absolute atomic E-state index is 0.352. The van der Waals surface area contributed by atoms with Gasteiger partial charge in [-0.15, -0.1) is 0 Å². The summed E-state index contributed by atoms with van der Waals surface area (Å²) in [5.41, 5.74) is 0.911. The molecule has 0 radical (unpaired) electrons. The molecule has 0 fully saturated rings. The van der Waals surface area contributed by atoms with Crippen molar-refractivity contribution in [1.82, 2.24) is 9.78 Å². The van der Waals surface area contributed by atoms with Crippen LogP contribution in [-0.2, 0) is 6.54 Å². The first kappa shape index (κ1) is 8.27. The van der Waals surface area contributed by atoms with Crippen molar-refractivity contribution in [3.63, 3.8) is 0 Å². The summed E-state index contributed by atoms with van der Waals surface area (Å²) in [7, 11) is 0. The molecule has 0 saturated heterocycles. The van der Waals surface area contributed by atoms with Gasteiger partial charge in [0.05, 0.1) is 12.3 Å². The van der Waals surface area contributed by atoms with Crippen LogP contribution >= 0.6 is 0 Å². The average Bonchev–Trinajstić information content (AvgIpc) is 2.50. The molecule has 0 aromatic carbocycles. The van der Waals surface area contributed by atoms with Gasteiger partial charge in [-0.3, -0.25) is 4.68 Å². The molecule has 1 aromatic heterocycles. The van der Waals surface area contributed by atoms with Crippen LogP contribution in [0.1, 0.15) is 31.9 Å². The summed E-state index contributed by atoms with van der Waals surface area (Å²) in [5, 5.41) is 13.4. The highest BCUT2D eigenvalue weighted by Crippen LogP contribution is 2.14. The molecule has 0 amide bonds. The first-order valence-electron chi connectivity index (χ1n) is 3.98. The molecule has 0 aliphatic carbocycles. The molecule has 11 heavy (non-hydrogen) atoms. The van der Waals surface area contributed by atoms with E-state index >= 15 is 0 Å². The predicted octanol–water partition coefficient (Wildman–Crippen LogP) is 1.35. The number of nitrogens with zero attached hydrogens (tertiary/aromatic N) is 2. The summed E-state index contributed by atoms with van der Waals surface area (Å²) >= 11 is 0. The molecule has 1 aromatic rings. The number of rotatable bonds is 3. The van der Waals surface area contributed by atoms with Crippen LogP contribution in [0.3, 0.4) is 0 Å². The Bertz CT molecular complexity index is 220. The maximum atomic E-state index is 9.38. The van der Waals surface area contributed by atoms with E-state index in [1.807, 2.05) is 24.7 Å². The van der Waals surface area contributed by atoms with Crippen LogP contribution in [0, 0.1) is 0 Å². The lowest BCUT2D eigenvalue weighted by Crippen LogP contribution is -1.94. The fourth-order valence-corrected chi connectivity index (χ4v) is 0.960. The lowest BCUT2D eigenvalue weighted by molar-refractivity contribution is 0.173.